The lowest BCUT2D eigenvalue weighted by molar-refractivity contribution is 0.0778. The molecule has 31 heavy (non-hydrogen) atoms. The molecule has 0 atom stereocenters. The lowest BCUT2D eigenvalue weighted by atomic mass is 10.2. The zero-order valence-corrected chi connectivity index (χ0v) is 18.9. The molecular formula is C20H18BrClF2N6O. The summed E-state index contributed by atoms with van der Waals surface area (Å²) in [5.41, 5.74) is 1.17. The van der Waals surface area contributed by atoms with E-state index in [1.54, 1.807) is 18.0 Å². The van der Waals surface area contributed by atoms with Crippen LogP contribution in [0.4, 0.5) is 14.6 Å². The predicted octanol–water partition coefficient (Wildman–Crippen LogP) is 4.17. The molecular weight excluding hydrogens is 494 g/mol. The van der Waals surface area contributed by atoms with Crippen LogP contribution in [0.1, 0.15) is 35.4 Å². The monoisotopic (exact) mass is 510 g/mol. The Hall–Kier alpha value is -2.33. The summed E-state index contributed by atoms with van der Waals surface area (Å²) >= 11 is 8.98. The maximum atomic E-state index is 14.6. The highest BCUT2D eigenvalue weighted by Crippen LogP contribution is 2.34. The number of aryl methyl sites for hydroxylation is 1. The van der Waals surface area contributed by atoms with E-state index in [2.05, 4.69) is 31.0 Å². The first-order valence-corrected chi connectivity index (χ1v) is 11.1. The zero-order valence-electron chi connectivity index (χ0n) is 16.6. The minimum Gasteiger partial charge on any atom is -0.350 e. The number of carbonyl (C=O) groups excluding carboxylic acids is 1. The third-order valence-electron chi connectivity index (χ3n) is 5.73. The normalized spacial score (nSPS) is 16.4. The number of rotatable bonds is 3. The van der Waals surface area contributed by atoms with Crippen molar-refractivity contribution in [1.82, 2.24) is 24.6 Å². The van der Waals surface area contributed by atoms with Gasteiger partial charge in [-0.1, -0.05) is 0 Å². The number of benzene rings is 1. The highest BCUT2D eigenvalue weighted by molar-refractivity contribution is 9.10. The summed E-state index contributed by atoms with van der Waals surface area (Å²) in [5, 5.41) is 4.61. The molecule has 1 fully saturated rings. The summed E-state index contributed by atoms with van der Waals surface area (Å²) in [4.78, 5) is 24.6. The van der Waals surface area contributed by atoms with Gasteiger partial charge >= 0.3 is 0 Å². The van der Waals surface area contributed by atoms with Crippen molar-refractivity contribution in [1.29, 1.82) is 0 Å². The average molecular weight is 512 g/mol. The fraction of sp³-hybridized carbons (Fsp3) is 0.400. The molecule has 1 aromatic carbocycles. The van der Waals surface area contributed by atoms with Gasteiger partial charge in [0.2, 0.25) is 5.28 Å². The molecule has 1 aliphatic heterocycles. The molecule has 0 radical (unpaired) electrons. The number of hydrogen-bond acceptors (Lipinski definition) is 5. The lowest BCUT2D eigenvalue weighted by Gasteiger charge is -2.23. The fourth-order valence-electron chi connectivity index (χ4n) is 3.93. The standard InChI is InChI=1S/C20H18BrClF2N6O/c1-28(10-3-4-10)19(31)14-7-11-9-29(5-2-6-30(11)27-14)18-12-8-13(23)15(21)16(24)17(12)25-20(22)26-18/h7-8,10H,2-6,9H2,1H3. The molecule has 3 aromatic rings. The molecule has 7 nitrogen and oxygen atoms in total. The van der Waals surface area contributed by atoms with E-state index >= 15 is 0 Å². The van der Waals surface area contributed by atoms with E-state index in [1.165, 1.54) is 6.07 Å². The minimum atomic E-state index is -0.823. The van der Waals surface area contributed by atoms with Gasteiger partial charge < -0.3 is 9.80 Å². The average Bonchev–Trinajstić information content (AvgIpc) is 3.55. The Bertz CT molecular complexity index is 1210. The van der Waals surface area contributed by atoms with Crippen molar-refractivity contribution in [3.8, 4) is 0 Å². The van der Waals surface area contributed by atoms with Gasteiger partial charge in [0.05, 0.1) is 16.7 Å². The van der Waals surface area contributed by atoms with Crippen molar-refractivity contribution in [2.45, 2.75) is 38.4 Å². The molecule has 1 amide bonds. The Morgan fingerprint density at radius 1 is 1.26 bits per heavy atom. The first-order chi connectivity index (χ1) is 14.8. The zero-order chi connectivity index (χ0) is 21.9. The second kappa shape index (κ2) is 7.67. The Kier molecular flexibility index (Phi) is 5.09. The van der Waals surface area contributed by atoms with Crippen LogP contribution in [0.5, 0.6) is 0 Å². The summed E-state index contributed by atoms with van der Waals surface area (Å²) in [6.07, 6.45) is 2.76. The van der Waals surface area contributed by atoms with Gasteiger partial charge in [0.25, 0.3) is 5.91 Å². The molecule has 0 spiro atoms. The number of nitrogens with zero attached hydrogens (tertiary/aromatic N) is 6. The van der Waals surface area contributed by atoms with Crippen LogP contribution in [-0.2, 0) is 13.1 Å². The SMILES string of the molecule is CN(C(=O)c1cc2n(n1)CCCN(c1nc(Cl)nc3c(F)c(Br)c(F)cc13)C2)C1CC1. The van der Waals surface area contributed by atoms with E-state index in [1.807, 2.05) is 9.58 Å². The molecule has 0 N–H and O–H groups in total. The Morgan fingerprint density at radius 3 is 2.77 bits per heavy atom. The summed E-state index contributed by atoms with van der Waals surface area (Å²) in [7, 11) is 1.80. The number of carbonyl (C=O) groups is 1. The van der Waals surface area contributed by atoms with Gasteiger partial charge in [-0.25, -0.2) is 13.8 Å². The highest BCUT2D eigenvalue weighted by Gasteiger charge is 2.32. The second-order valence-corrected chi connectivity index (χ2v) is 9.00. The number of fused-ring (bicyclic) bond motifs is 2. The Labute approximate surface area is 190 Å². The molecule has 0 bridgehead atoms. The molecule has 3 heterocycles. The van der Waals surface area contributed by atoms with Crippen LogP contribution in [0.25, 0.3) is 10.9 Å². The predicted molar refractivity (Wildman–Crippen MR) is 115 cm³/mol. The van der Waals surface area contributed by atoms with Crippen LogP contribution in [0, 0.1) is 11.6 Å². The summed E-state index contributed by atoms with van der Waals surface area (Å²) < 4.78 is 30.4. The molecule has 0 saturated heterocycles. The number of aromatic nitrogens is 4. The van der Waals surface area contributed by atoms with Crippen molar-refractivity contribution in [2.75, 3.05) is 18.5 Å². The molecule has 2 aromatic heterocycles. The summed E-state index contributed by atoms with van der Waals surface area (Å²) in [5.74, 6) is -1.32. The van der Waals surface area contributed by atoms with E-state index in [4.69, 9.17) is 11.6 Å². The molecule has 5 rings (SSSR count). The van der Waals surface area contributed by atoms with Crippen LogP contribution in [0.2, 0.25) is 5.28 Å². The van der Waals surface area contributed by atoms with Crippen LogP contribution < -0.4 is 4.90 Å². The summed E-state index contributed by atoms with van der Waals surface area (Å²) in [6.45, 7) is 1.57. The molecule has 2 aliphatic rings. The molecule has 1 saturated carbocycles. The van der Waals surface area contributed by atoms with Gasteiger partial charge in [0.1, 0.15) is 17.2 Å². The van der Waals surface area contributed by atoms with Crippen molar-refractivity contribution in [3.05, 3.63) is 44.9 Å². The van der Waals surface area contributed by atoms with Gasteiger partial charge in [0, 0.05) is 31.6 Å². The molecule has 11 heteroatoms. The van der Waals surface area contributed by atoms with E-state index in [0.717, 1.165) is 18.5 Å². The topological polar surface area (TPSA) is 67.2 Å². The molecule has 0 unspecified atom stereocenters. The Morgan fingerprint density at radius 2 is 2.03 bits per heavy atom. The van der Waals surface area contributed by atoms with E-state index < -0.39 is 11.6 Å². The van der Waals surface area contributed by atoms with Crippen molar-refractivity contribution < 1.29 is 13.6 Å². The van der Waals surface area contributed by atoms with Crippen molar-refractivity contribution >= 4 is 50.2 Å². The van der Waals surface area contributed by atoms with Crippen molar-refractivity contribution in [2.24, 2.45) is 0 Å². The number of hydrogen-bond donors (Lipinski definition) is 0. The molecule has 1 aliphatic carbocycles. The largest absolute Gasteiger partial charge is 0.350 e. The first-order valence-electron chi connectivity index (χ1n) is 9.93. The van der Waals surface area contributed by atoms with E-state index in [0.29, 0.717) is 43.6 Å². The maximum absolute atomic E-state index is 14.6. The van der Waals surface area contributed by atoms with Gasteiger partial charge in [-0.05, 0) is 58.9 Å². The van der Waals surface area contributed by atoms with E-state index in [-0.39, 0.29) is 26.6 Å². The third kappa shape index (κ3) is 3.65. The van der Waals surface area contributed by atoms with Crippen molar-refractivity contribution in [3.63, 3.8) is 0 Å². The van der Waals surface area contributed by atoms with Crippen LogP contribution in [0.15, 0.2) is 16.6 Å². The number of amides is 1. The quantitative estimate of drug-likeness (QED) is 0.390. The van der Waals surface area contributed by atoms with Gasteiger partial charge in [-0.2, -0.15) is 10.1 Å². The van der Waals surface area contributed by atoms with Crippen LogP contribution in [-0.4, -0.2) is 50.2 Å². The fourth-order valence-corrected chi connectivity index (χ4v) is 4.39. The number of anilines is 1. The minimum absolute atomic E-state index is 0.0528. The van der Waals surface area contributed by atoms with Gasteiger partial charge in [0.15, 0.2) is 11.5 Å². The second-order valence-electron chi connectivity index (χ2n) is 7.87. The van der Waals surface area contributed by atoms with Crippen LogP contribution >= 0.6 is 27.5 Å². The van der Waals surface area contributed by atoms with Crippen LogP contribution in [0.3, 0.4) is 0 Å². The van der Waals surface area contributed by atoms with E-state index in [9.17, 15) is 13.6 Å². The van der Waals surface area contributed by atoms with Gasteiger partial charge in [-0.3, -0.25) is 9.48 Å². The molecule has 162 valence electrons. The highest BCUT2D eigenvalue weighted by atomic mass is 79.9. The maximum Gasteiger partial charge on any atom is 0.274 e. The number of halogens is 4. The lowest BCUT2D eigenvalue weighted by Crippen LogP contribution is -2.29. The smallest absolute Gasteiger partial charge is 0.274 e. The Balaban J connectivity index is 1.53. The van der Waals surface area contributed by atoms with Gasteiger partial charge in [-0.15, -0.1) is 0 Å². The first kappa shape index (κ1) is 20.6. The third-order valence-corrected chi connectivity index (χ3v) is 6.62. The summed E-state index contributed by atoms with van der Waals surface area (Å²) in [6, 6.07) is 3.28.